The number of furan rings is 1. The highest BCUT2D eigenvalue weighted by Gasteiger charge is 2.64. The largest absolute Gasteiger partial charge is 0.461 e. The lowest BCUT2D eigenvalue weighted by Crippen LogP contribution is -2.44. The minimum Gasteiger partial charge on any atom is -0.461 e. The van der Waals surface area contributed by atoms with Gasteiger partial charge >= 0.3 is 0 Å². The molecule has 7 heteroatoms. The predicted octanol–water partition coefficient (Wildman–Crippen LogP) is 3.88. The van der Waals surface area contributed by atoms with Gasteiger partial charge in [0, 0.05) is 11.8 Å². The monoisotopic (exact) mass is 452 g/mol. The van der Waals surface area contributed by atoms with Crippen LogP contribution in [0.3, 0.4) is 0 Å². The number of nitrogens with zero attached hydrogens (tertiary/aromatic N) is 2. The van der Waals surface area contributed by atoms with Crippen LogP contribution in [0.5, 0.6) is 0 Å². The first-order valence-corrected chi connectivity index (χ1v) is 11.1. The number of rotatable bonds is 4. The van der Waals surface area contributed by atoms with Crippen LogP contribution in [-0.4, -0.2) is 34.3 Å². The molecule has 7 nitrogen and oxygen atoms in total. The highest BCUT2D eigenvalue weighted by Crippen LogP contribution is 2.53. The van der Waals surface area contributed by atoms with Gasteiger partial charge in [0.25, 0.3) is 0 Å². The van der Waals surface area contributed by atoms with E-state index in [4.69, 9.17) is 4.42 Å². The average Bonchev–Trinajstić information content (AvgIpc) is 3.55. The number of anilines is 1. The first-order valence-electron chi connectivity index (χ1n) is 11.1. The highest BCUT2D eigenvalue weighted by molar-refractivity contribution is 6.24. The molecule has 0 radical (unpaired) electrons. The summed E-state index contributed by atoms with van der Waals surface area (Å²) in [6.07, 6.45) is 5.13. The Bertz CT molecular complexity index is 1370. The molecule has 0 spiro atoms. The van der Waals surface area contributed by atoms with Gasteiger partial charge in [-0.3, -0.25) is 19.2 Å². The van der Waals surface area contributed by atoms with E-state index in [0.717, 1.165) is 11.1 Å². The van der Waals surface area contributed by atoms with Crippen molar-refractivity contribution in [1.29, 1.82) is 0 Å². The zero-order chi connectivity index (χ0) is 23.6. The summed E-state index contributed by atoms with van der Waals surface area (Å²) in [6.45, 7) is 1.46. The Morgan fingerprint density at radius 3 is 2.32 bits per heavy atom. The predicted molar refractivity (Wildman–Crippen MR) is 123 cm³/mol. The molecule has 2 fully saturated rings. The van der Waals surface area contributed by atoms with Crippen molar-refractivity contribution >= 4 is 35.1 Å². The van der Waals surface area contributed by atoms with Gasteiger partial charge in [0.1, 0.15) is 6.04 Å². The molecular weight excluding hydrogens is 432 g/mol. The number of benzene rings is 2. The fourth-order valence-electron chi connectivity index (χ4n) is 5.52. The molecule has 4 atom stereocenters. The van der Waals surface area contributed by atoms with Gasteiger partial charge in [-0.25, -0.2) is 4.90 Å². The van der Waals surface area contributed by atoms with Crippen molar-refractivity contribution < 1.29 is 23.6 Å². The number of hydrogen-bond donors (Lipinski definition) is 0. The molecule has 0 bridgehead atoms. The second-order valence-electron chi connectivity index (χ2n) is 8.79. The Labute approximate surface area is 195 Å². The summed E-state index contributed by atoms with van der Waals surface area (Å²) in [5, 5.41) is 0. The standard InChI is InChI=1S/C27H20N2O5/c1-15(30)16-8-10-18(11-9-16)29-26(32)21-22(27(29)33)24(25(31)20-7-4-14-34-20)28-13-12-17-5-2-3-6-19(17)23(21)28/h2-14,21-24H,1H3/t21-,22-,23+,24+/m1/s1. The van der Waals surface area contributed by atoms with Crippen LogP contribution in [0.4, 0.5) is 5.69 Å². The summed E-state index contributed by atoms with van der Waals surface area (Å²) in [5.41, 5.74) is 2.75. The minimum absolute atomic E-state index is 0.104. The van der Waals surface area contributed by atoms with Gasteiger partial charge in [-0.1, -0.05) is 24.3 Å². The molecule has 3 aromatic rings. The van der Waals surface area contributed by atoms with E-state index in [0.29, 0.717) is 11.3 Å². The van der Waals surface area contributed by atoms with Gasteiger partial charge in [-0.05, 0) is 60.5 Å². The molecule has 0 unspecified atom stereocenters. The van der Waals surface area contributed by atoms with E-state index in [1.54, 1.807) is 36.4 Å². The van der Waals surface area contributed by atoms with Crippen LogP contribution in [-0.2, 0) is 9.59 Å². The van der Waals surface area contributed by atoms with Gasteiger partial charge in [0.05, 0.1) is 29.8 Å². The molecule has 3 aliphatic heterocycles. The van der Waals surface area contributed by atoms with Crippen molar-refractivity contribution in [3.8, 4) is 0 Å². The molecular formula is C27H20N2O5. The number of amides is 2. The molecule has 6 rings (SSSR count). The van der Waals surface area contributed by atoms with Crippen LogP contribution >= 0.6 is 0 Å². The lowest BCUT2D eigenvalue weighted by atomic mass is 9.84. The summed E-state index contributed by atoms with van der Waals surface area (Å²) in [5.74, 6) is -2.64. The smallest absolute Gasteiger partial charge is 0.240 e. The van der Waals surface area contributed by atoms with E-state index < -0.39 is 29.8 Å². The van der Waals surface area contributed by atoms with Crippen molar-refractivity contribution in [2.75, 3.05) is 4.90 Å². The first-order chi connectivity index (χ1) is 16.5. The number of hydrogen-bond acceptors (Lipinski definition) is 6. The lowest BCUT2D eigenvalue weighted by Gasteiger charge is -2.35. The second-order valence-corrected chi connectivity index (χ2v) is 8.79. The van der Waals surface area contributed by atoms with E-state index in [2.05, 4.69) is 0 Å². The van der Waals surface area contributed by atoms with Gasteiger partial charge < -0.3 is 9.32 Å². The van der Waals surface area contributed by atoms with Crippen LogP contribution in [0, 0.1) is 11.8 Å². The molecule has 168 valence electrons. The third-order valence-corrected chi connectivity index (χ3v) is 7.03. The molecule has 0 saturated carbocycles. The number of ketones is 2. The Hall–Kier alpha value is -4.26. The third kappa shape index (κ3) is 2.76. The van der Waals surface area contributed by atoms with Crippen LogP contribution in [0.1, 0.15) is 45.0 Å². The summed E-state index contributed by atoms with van der Waals surface area (Å²) >= 11 is 0. The number of carbonyl (C=O) groups excluding carboxylic acids is 4. The van der Waals surface area contributed by atoms with Crippen LogP contribution in [0.2, 0.25) is 0 Å². The summed E-state index contributed by atoms with van der Waals surface area (Å²) in [4.78, 5) is 55.8. The number of carbonyl (C=O) groups is 4. The summed E-state index contributed by atoms with van der Waals surface area (Å²) in [6, 6.07) is 16.0. The molecule has 3 aliphatic rings. The Morgan fingerprint density at radius 2 is 1.62 bits per heavy atom. The molecule has 2 aromatic carbocycles. The summed E-state index contributed by atoms with van der Waals surface area (Å²) in [7, 11) is 0. The number of fused-ring (bicyclic) bond motifs is 5. The van der Waals surface area contributed by atoms with Crippen molar-refractivity contribution in [2.24, 2.45) is 11.8 Å². The van der Waals surface area contributed by atoms with Crippen molar-refractivity contribution in [1.82, 2.24) is 4.90 Å². The van der Waals surface area contributed by atoms with E-state index >= 15 is 0 Å². The molecule has 2 amide bonds. The topological polar surface area (TPSA) is 87.9 Å². The van der Waals surface area contributed by atoms with Gasteiger partial charge in [-0.2, -0.15) is 0 Å². The van der Waals surface area contributed by atoms with E-state index in [1.165, 1.54) is 18.1 Å². The van der Waals surface area contributed by atoms with E-state index in [9.17, 15) is 19.2 Å². The number of imide groups is 1. The quantitative estimate of drug-likeness (QED) is 0.441. The summed E-state index contributed by atoms with van der Waals surface area (Å²) < 4.78 is 5.37. The van der Waals surface area contributed by atoms with Crippen LogP contribution in [0.15, 0.2) is 77.5 Å². The molecule has 34 heavy (non-hydrogen) atoms. The van der Waals surface area contributed by atoms with Crippen molar-refractivity contribution in [2.45, 2.75) is 19.0 Å². The Morgan fingerprint density at radius 1 is 0.882 bits per heavy atom. The highest BCUT2D eigenvalue weighted by atomic mass is 16.3. The maximum atomic E-state index is 13.8. The SMILES string of the molecule is CC(=O)c1ccc(N2C(=O)[C@@H]3[C@@H](C2=O)[C@@H]2c4ccccc4C=CN2[C@@H]3C(=O)c2ccco2)cc1. The minimum atomic E-state index is -0.872. The third-order valence-electron chi connectivity index (χ3n) is 7.03. The van der Waals surface area contributed by atoms with Crippen LogP contribution in [0.25, 0.3) is 6.08 Å². The Balaban J connectivity index is 1.47. The first kappa shape index (κ1) is 20.4. The molecule has 2 saturated heterocycles. The Kier molecular flexibility index (Phi) is 4.42. The van der Waals surface area contributed by atoms with Crippen molar-refractivity contribution in [3.05, 3.63) is 95.6 Å². The van der Waals surface area contributed by atoms with Gasteiger partial charge in [-0.15, -0.1) is 0 Å². The number of Topliss-reactive ketones (excluding diaryl/α,β-unsaturated/α-hetero) is 2. The molecule has 4 heterocycles. The maximum absolute atomic E-state index is 13.8. The molecule has 1 aromatic heterocycles. The van der Waals surface area contributed by atoms with Gasteiger partial charge in [0.15, 0.2) is 11.5 Å². The zero-order valence-corrected chi connectivity index (χ0v) is 18.3. The van der Waals surface area contributed by atoms with Crippen molar-refractivity contribution in [3.63, 3.8) is 0 Å². The molecule has 0 N–H and O–H groups in total. The lowest BCUT2D eigenvalue weighted by molar-refractivity contribution is -0.123. The fourth-order valence-corrected chi connectivity index (χ4v) is 5.52. The second kappa shape index (κ2) is 7.38. The van der Waals surface area contributed by atoms with Gasteiger partial charge in [0.2, 0.25) is 17.6 Å². The van der Waals surface area contributed by atoms with Crippen LogP contribution < -0.4 is 4.90 Å². The maximum Gasteiger partial charge on any atom is 0.240 e. The molecule has 0 aliphatic carbocycles. The van der Waals surface area contributed by atoms with E-state index in [1.807, 2.05) is 41.4 Å². The zero-order valence-electron chi connectivity index (χ0n) is 18.3. The average molecular weight is 452 g/mol. The van der Waals surface area contributed by atoms with E-state index in [-0.39, 0.29) is 23.2 Å². The fraction of sp³-hybridized carbons (Fsp3) is 0.185. The normalized spacial score (nSPS) is 24.7.